The lowest BCUT2D eigenvalue weighted by atomic mass is 10.2. The number of carbonyl (C=O) groups excluding carboxylic acids is 2. The molecule has 6 aromatic heterocycles. The summed E-state index contributed by atoms with van der Waals surface area (Å²) in [6.07, 6.45) is 11.5. The molecule has 8 rings (SSSR count). The highest BCUT2D eigenvalue weighted by atomic mass is 19.1. The van der Waals surface area contributed by atoms with Gasteiger partial charge in [0.05, 0.1) is 78.7 Å². The van der Waals surface area contributed by atoms with Gasteiger partial charge >= 0.3 is 0 Å². The summed E-state index contributed by atoms with van der Waals surface area (Å²) in [5.74, 6) is -1.18. The van der Waals surface area contributed by atoms with Crippen LogP contribution in [-0.2, 0) is 22.7 Å². The smallest absolute Gasteiger partial charge is 0.247 e. The number of nitrogens with one attached hydrogen (secondary N) is 4. The SMILES string of the molecule is C=CC(=O)Nc1ccc2c(c1)c(C)cn2-c1nc(Nc2cn(CCO)nc2C)ncc1F.C=CC(=O)Nc1ccc2c(c1)c(C)cn2-c1nc(Nc2cnn(CCO)c2C)ncc1F. The second-order valence-electron chi connectivity index (χ2n) is 14.4. The minimum Gasteiger partial charge on any atom is -0.394 e. The molecule has 0 aliphatic heterocycles. The van der Waals surface area contributed by atoms with E-state index in [0.717, 1.165) is 51.0 Å². The average molecular weight is 871 g/mol. The molecule has 0 saturated carbocycles. The summed E-state index contributed by atoms with van der Waals surface area (Å²) < 4.78 is 36.0. The van der Waals surface area contributed by atoms with Crippen LogP contribution in [0.4, 0.5) is 43.4 Å². The van der Waals surface area contributed by atoms with Crippen LogP contribution in [-0.4, -0.2) is 83.9 Å². The van der Waals surface area contributed by atoms with E-state index in [9.17, 15) is 18.4 Å². The van der Waals surface area contributed by atoms with E-state index in [1.807, 2.05) is 39.8 Å². The third-order valence-electron chi connectivity index (χ3n) is 10.0. The lowest BCUT2D eigenvalue weighted by molar-refractivity contribution is -0.112. The molecule has 0 spiro atoms. The van der Waals surface area contributed by atoms with Crippen LogP contribution < -0.4 is 21.3 Å². The molecule has 0 atom stereocenters. The van der Waals surface area contributed by atoms with Crippen molar-refractivity contribution >= 4 is 68.3 Å². The van der Waals surface area contributed by atoms with Crippen molar-refractivity contribution in [2.75, 3.05) is 34.5 Å². The van der Waals surface area contributed by atoms with Gasteiger partial charge in [-0.15, -0.1) is 0 Å². The maximum absolute atomic E-state index is 14.7. The average Bonchev–Trinajstić information content (AvgIpc) is 4.01. The van der Waals surface area contributed by atoms with Gasteiger partial charge in [0.2, 0.25) is 23.7 Å². The first-order chi connectivity index (χ1) is 30.8. The minimum atomic E-state index is -0.579. The Kier molecular flexibility index (Phi) is 13.0. The molecule has 6 N–H and O–H groups in total. The van der Waals surface area contributed by atoms with Gasteiger partial charge in [-0.2, -0.15) is 20.2 Å². The topological polar surface area (TPSA) is 220 Å². The number of fused-ring (bicyclic) bond motifs is 2. The van der Waals surface area contributed by atoms with E-state index in [0.29, 0.717) is 41.5 Å². The molecule has 0 bridgehead atoms. The van der Waals surface area contributed by atoms with Crippen molar-refractivity contribution in [1.29, 1.82) is 0 Å². The molecule has 0 aliphatic carbocycles. The first-order valence-corrected chi connectivity index (χ1v) is 19.8. The van der Waals surface area contributed by atoms with Crippen LogP contribution in [0, 0.1) is 39.3 Å². The molecule has 2 amide bonds. The van der Waals surface area contributed by atoms with Gasteiger partial charge in [-0.05, 0) is 87.4 Å². The van der Waals surface area contributed by atoms with Gasteiger partial charge in [0, 0.05) is 40.7 Å². The molecule has 2 aromatic carbocycles. The maximum Gasteiger partial charge on any atom is 0.247 e. The Hall–Kier alpha value is -8.10. The lowest BCUT2D eigenvalue weighted by Gasteiger charge is -2.10. The third kappa shape index (κ3) is 9.37. The number of rotatable bonds is 14. The predicted octanol–water partition coefficient (Wildman–Crippen LogP) is 6.47. The van der Waals surface area contributed by atoms with Crippen molar-refractivity contribution in [3.05, 3.63) is 133 Å². The van der Waals surface area contributed by atoms with Crippen molar-refractivity contribution in [3.8, 4) is 11.6 Å². The van der Waals surface area contributed by atoms with Crippen LogP contribution >= 0.6 is 0 Å². The molecule has 0 saturated heterocycles. The first-order valence-electron chi connectivity index (χ1n) is 19.8. The van der Waals surface area contributed by atoms with Gasteiger partial charge in [-0.3, -0.25) is 28.1 Å². The highest BCUT2D eigenvalue weighted by Crippen LogP contribution is 2.30. The fraction of sp³-hybridized carbons (Fsp3) is 0.182. The normalized spacial score (nSPS) is 11.0. The summed E-state index contributed by atoms with van der Waals surface area (Å²) in [5.41, 5.74) is 7.29. The Balaban J connectivity index is 0.000000191. The Morgan fingerprint density at radius 3 is 1.69 bits per heavy atom. The number of aliphatic hydroxyl groups is 2. The standard InChI is InChI=1S/2C22H22FN7O2/c1-4-20(32)26-15-5-6-19-16(9-15)13(2)12-29(19)21-17(23)10-24-22(28-21)27-18-11-25-30(7-8-31)14(18)3;1-4-20(32)25-15-5-6-19-16(9-15)13(2)11-30(19)21-17(23)10-24-22(27-21)26-18-12-29(7-8-31)28-14(18)3/h4-6,9-12,31H,1,7-8H2,2-3H3,(H,26,32)(H,24,27,28);4-6,9-12,31H,1,7-8H2,2-3H3,(H,25,32)(H,24,26,27). The molecule has 328 valence electrons. The van der Waals surface area contributed by atoms with Crippen molar-refractivity contribution in [1.82, 2.24) is 48.6 Å². The number of aromatic nitrogens is 10. The monoisotopic (exact) mass is 870 g/mol. The van der Waals surface area contributed by atoms with Gasteiger partial charge < -0.3 is 31.5 Å². The summed E-state index contributed by atoms with van der Waals surface area (Å²) in [6.45, 7) is 15.0. The van der Waals surface area contributed by atoms with E-state index in [-0.39, 0.29) is 48.6 Å². The minimum absolute atomic E-state index is 0.0296. The third-order valence-corrected chi connectivity index (χ3v) is 10.0. The Morgan fingerprint density at radius 1 is 0.703 bits per heavy atom. The molecule has 0 radical (unpaired) electrons. The van der Waals surface area contributed by atoms with Gasteiger partial charge in [-0.1, -0.05) is 13.2 Å². The quantitative estimate of drug-likeness (QED) is 0.0648. The zero-order chi connectivity index (χ0) is 45.7. The molecule has 6 heterocycles. The van der Waals surface area contributed by atoms with Crippen molar-refractivity contribution in [2.45, 2.75) is 40.8 Å². The number of aryl methyl sites for hydroxylation is 3. The van der Waals surface area contributed by atoms with E-state index < -0.39 is 11.6 Å². The fourth-order valence-corrected chi connectivity index (χ4v) is 6.84. The number of amides is 2. The fourth-order valence-electron chi connectivity index (χ4n) is 6.84. The summed E-state index contributed by atoms with van der Waals surface area (Å²) in [4.78, 5) is 40.0. The lowest BCUT2D eigenvalue weighted by Crippen LogP contribution is -2.08. The van der Waals surface area contributed by atoms with E-state index >= 15 is 0 Å². The second kappa shape index (κ2) is 18.9. The van der Waals surface area contributed by atoms with Gasteiger partial charge in [-0.25, -0.2) is 18.7 Å². The molecule has 64 heavy (non-hydrogen) atoms. The van der Waals surface area contributed by atoms with E-state index in [1.54, 1.807) is 67.6 Å². The molecule has 8 aromatic rings. The summed E-state index contributed by atoms with van der Waals surface area (Å²) in [7, 11) is 0. The Morgan fingerprint density at radius 2 is 1.20 bits per heavy atom. The zero-order valence-electron chi connectivity index (χ0n) is 35.3. The van der Waals surface area contributed by atoms with Crippen molar-refractivity contribution < 1.29 is 28.6 Å². The molecule has 0 aliphatic rings. The van der Waals surface area contributed by atoms with E-state index in [1.165, 1.54) is 12.2 Å². The zero-order valence-corrected chi connectivity index (χ0v) is 35.3. The largest absolute Gasteiger partial charge is 0.394 e. The Bertz CT molecular complexity index is 2900. The molecular formula is C44H44F2N14O4. The number of halogens is 2. The Labute approximate surface area is 364 Å². The summed E-state index contributed by atoms with van der Waals surface area (Å²) >= 11 is 0. The highest BCUT2D eigenvalue weighted by Gasteiger charge is 2.18. The van der Waals surface area contributed by atoms with Gasteiger partial charge in [0.1, 0.15) is 0 Å². The van der Waals surface area contributed by atoms with Crippen LogP contribution in [0.2, 0.25) is 0 Å². The van der Waals surface area contributed by atoms with Crippen LogP contribution in [0.5, 0.6) is 0 Å². The van der Waals surface area contributed by atoms with Crippen molar-refractivity contribution in [3.63, 3.8) is 0 Å². The number of nitrogens with zero attached hydrogens (tertiary/aromatic N) is 10. The molecule has 0 unspecified atom stereocenters. The molecule has 20 heteroatoms. The van der Waals surface area contributed by atoms with E-state index in [2.05, 4.69) is 64.6 Å². The number of anilines is 6. The summed E-state index contributed by atoms with van der Waals surface area (Å²) in [6, 6.07) is 10.7. The number of aliphatic hydroxyl groups excluding tert-OH is 2. The molecule has 0 fully saturated rings. The van der Waals surface area contributed by atoms with Gasteiger partial charge in [0.15, 0.2) is 23.3 Å². The van der Waals surface area contributed by atoms with Crippen LogP contribution in [0.3, 0.4) is 0 Å². The van der Waals surface area contributed by atoms with E-state index in [4.69, 9.17) is 10.2 Å². The number of benzene rings is 2. The van der Waals surface area contributed by atoms with Crippen LogP contribution in [0.25, 0.3) is 33.4 Å². The number of hydrogen-bond donors (Lipinski definition) is 6. The first kappa shape index (κ1) is 44.0. The molecular weight excluding hydrogens is 827 g/mol. The summed E-state index contributed by atoms with van der Waals surface area (Å²) in [5, 5.41) is 40.0. The highest BCUT2D eigenvalue weighted by molar-refractivity contribution is 6.01. The van der Waals surface area contributed by atoms with Crippen molar-refractivity contribution in [2.24, 2.45) is 0 Å². The van der Waals surface area contributed by atoms with Gasteiger partial charge in [0.25, 0.3) is 0 Å². The number of hydrogen-bond acceptors (Lipinski definition) is 12. The van der Waals surface area contributed by atoms with Crippen LogP contribution in [0.15, 0.2) is 98.9 Å². The maximum atomic E-state index is 14.7. The second-order valence-corrected chi connectivity index (χ2v) is 14.4. The van der Waals surface area contributed by atoms with Crippen LogP contribution in [0.1, 0.15) is 22.5 Å². The predicted molar refractivity (Wildman–Crippen MR) is 239 cm³/mol. The molecule has 18 nitrogen and oxygen atoms in total. The number of carbonyl (C=O) groups is 2.